The smallest absolute Gasteiger partial charge is 0.364 e. The third-order valence-corrected chi connectivity index (χ3v) is 21.7. The first-order valence-electron chi connectivity index (χ1n) is 40.6. The predicted octanol–water partition coefficient (Wildman–Crippen LogP) is -1.46. The first kappa shape index (κ1) is 97.8. The van der Waals surface area contributed by atoms with Crippen molar-refractivity contribution in [1.29, 1.82) is 0 Å². The van der Waals surface area contributed by atoms with Gasteiger partial charge < -0.3 is 160 Å². The third-order valence-electron chi connectivity index (χ3n) is 21.7. The van der Waals surface area contributed by atoms with Crippen molar-refractivity contribution in [3.63, 3.8) is 0 Å². The number of hydrogen-bond donors (Lipinski definition) is 22. The van der Waals surface area contributed by atoms with Gasteiger partial charge in [0, 0.05) is 13.3 Å². The van der Waals surface area contributed by atoms with Crippen LogP contribution in [0.2, 0.25) is 0 Å². The molecule has 0 aromatic carbocycles. The fourth-order valence-electron chi connectivity index (χ4n) is 15.0. The van der Waals surface area contributed by atoms with Crippen LogP contribution in [0.5, 0.6) is 0 Å². The average molecular weight is 1600 g/mol. The molecule has 0 saturated carbocycles. The zero-order valence-electron chi connectivity index (χ0n) is 64.6. The maximum absolute atomic E-state index is 13.8. The Labute approximate surface area is 645 Å². The van der Waals surface area contributed by atoms with Crippen molar-refractivity contribution in [2.75, 3.05) is 39.6 Å². The number of hydrogen-bond acceptors (Lipinski definition) is 32. The van der Waals surface area contributed by atoms with E-state index in [1.165, 1.54) is 109 Å². The lowest BCUT2D eigenvalue weighted by Crippen LogP contribution is -2.72. The predicted molar refractivity (Wildman–Crippen MR) is 388 cm³/mol. The molecule has 5 aliphatic rings. The van der Waals surface area contributed by atoms with E-state index >= 15 is 0 Å². The standard InChI is InChI=1S/C75H138N2O33/c1-4-6-8-10-12-14-16-17-18-19-20-21-22-23-24-25-27-29-31-33-35-46(85)69(98)77-44(54(88)45(84)34-32-30-28-26-15-13-11-9-7-5-2)42-101-70-60(94)58(92)65(51(40-81)104-70)107-71-62(96)59(93)66(52(41-82)105-71)109-75(74(99)100)36-49(53(76-43(3)83)67(110-75)55(89)47(86)37-78)102-73-63(97)68(56(90)50(39-80)103-73)108-72-61(95)57(91)64(106-72)48(87)38-79/h44-68,70-73,78-82,84-97H,4-42H2,1-3H3,(H,76,83)(H,77,98)(H,99,100)/t44-,45-,46-,47-,48-,49-,50+,51-,52+,53+,54+,55-,56+,57+,58-,59+,60-,61+,62+,63+,64-,65-,66+,67+,68-,70-,71-,72-,73+,75+/m1/s1. The molecule has 2 amide bonds. The number of carboxylic acid groups (broad SMARTS) is 1. The highest BCUT2D eigenvalue weighted by Crippen LogP contribution is 2.42. The first-order chi connectivity index (χ1) is 52.7. The Morgan fingerprint density at radius 1 is 0.455 bits per heavy atom. The Morgan fingerprint density at radius 2 is 0.882 bits per heavy atom. The molecule has 0 unspecified atom stereocenters. The summed E-state index contributed by atoms with van der Waals surface area (Å²) >= 11 is 0. The highest BCUT2D eigenvalue weighted by molar-refractivity contribution is 5.80. The van der Waals surface area contributed by atoms with Gasteiger partial charge in [0.2, 0.25) is 11.8 Å². The van der Waals surface area contributed by atoms with E-state index in [9.17, 15) is 117 Å². The molecule has 0 aromatic rings. The van der Waals surface area contributed by atoms with E-state index in [4.69, 9.17) is 47.4 Å². The molecule has 110 heavy (non-hydrogen) atoms. The summed E-state index contributed by atoms with van der Waals surface area (Å²) in [6, 6.07) is -3.33. The van der Waals surface area contributed by atoms with Crippen LogP contribution in [0.15, 0.2) is 0 Å². The van der Waals surface area contributed by atoms with Crippen molar-refractivity contribution >= 4 is 17.8 Å². The van der Waals surface area contributed by atoms with Gasteiger partial charge in [-0.05, 0) is 12.8 Å². The molecule has 0 bridgehead atoms. The SMILES string of the molecule is CCCCCCCCCCCCCCCCCCCCCC[C@@H](O)C(=O)N[C@H](CO[C@@H]1O[C@H](CO)[C@@H](O[C@H]2O[C@@H](CO)[C@H](O[C@@]3(C(=O)O)C[C@@H](O[C@H]4O[C@@H](CO)[C@H](O)[C@@H](O[C@H]5O[C@H]([C@H](O)CO)[C@@H](O)[C@@H]5O)[C@@H]4O)[C@H](NC(C)=O)[C@@H]([C@H](O)[C@H](O)CO)O3)[C@@H](O)[C@@H]2O)[C@H](O)[C@H]1O)[C@H](O)[C@H](O)CCCCCCCCCCCC. The molecular formula is C75H138N2O33. The van der Waals surface area contributed by atoms with Crippen molar-refractivity contribution in [1.82, 2.24) is 10.6 Å². The Morgan fingerprint density at radius 3 is 1.36 bits per heavy atom. The van der Waals surface area contributed by atoms with E-state index in [0.717, 1.165) is 77.6 Å². The van der Waals surface area contributed by atoms with E-state index in [-0.39, 0.29) is 12.8 Å². The van der Waals surface area contributed by atoms with E-state index in [0.29, 0.717) is 12.8 Å². The molecule has 5 fully saturated rings. The number of ether oxygens (including phenoxy) is 10. The molecule has 30 atom stereocenters. The molecule has 5 saturated heterocycles. The van der Waals surface area contributed by atoms with Crippen molar-refractivity contribution < 1.29 is 164 Å². The normalized spacial score (nSPS) is 34.1. The van der Waals surface area contributed by atoms with Gasteiger partial charge in [0.1, 0.15) is 128 Å². The number of aliphatic hydroxyl groups excluding tert-OH is 19. The van der Waals surface area contributed by atoms with Crippen LogP contribution < -0.4 is 10.6 Å². The molecule has 35 heteroatoms. The van der Waals surface area contributed by atoms with Gasteiger partial charge >= 0.3 is 5.97 Å². The summed E-state index contributed by atoms with van der Waals surface area (Å²) < 4.78 is 58.1. The number of carbonyl (C=O) groups excluding carboxylic acids is 2. The molecule has 5 heterocycles. The highest BCUT2D eigenvalue weighted by atomic mass is 16.8. The second-order valence-electron chi connectivity index (χ2n) is 30.6. The van der Waals surface area contributed by atoms with Crippen molar-refractivity contribution in [3.05, 3.63) is 0 Å². The van der Waals surface area contributed by atoms with Crippen molar-refractivity contribution in [3.8, 4) is 0 Å². The maximum atomic E-state index is 13.8. The third kappa shape index (κ3) is 30.0. The molecule has 35 nitrogen and oxygen atoms in total. The van der Waals surface area contributed by atoms with Crippen LogP contribution in [0.4, 0.5) is 0 Å². The van der Waals surface area contributed by atoms with Gasteiger partial charge in [0.15, 0.2) is 25.2 Å². The van der Waals surface area contributed by atoms with Crippen LogP contribution in [0.25, 0.3) is 0 Å². The lowest BCUT2D eigenvalue weighted by molar-refractivity contribution is -0.392. The topological polar surface area (TPSA) is 572 Å². The maximum Gasteiger partial charge on any atom is 0.364 e. The molecule has 5 rings (SSSR count). The van der Waals surface area contributed by atoms with Gasteiger partial charge in [-0.25, -0.2) is 4.79 Å². The van der Waals surface area contributed by atoms with E-state index < -0.39 is 247 Å². The summed E-state index contributed by atoms with van der Waals surface area (Å²) in [5.41, 5.74) is 0. The summed E-state index contributed by atoms with van der Waals surface area (Å²) in [5.74, 6) is -7.34. The van der Waals surface area contributed by atoms with Crippen LogP contribution >= 0.6 is 0 Å². The lowest BCUT2D eigenvalue weighted by Gasteiger charge is -2.52. The monoisotopic (exact) mass is 1590 g/mol. The average Bonchev–Trinajstić information content (AvgIpc) is 0.770. The number of unbranched alkanes of at least 4 members (excludes halogenated alkanes) is 28. The number of carboxylic acids is 1. The highest BCUT2D eigenvalue weighted by Gasteiger charge is 2.62. The molecule has 0 aliphatic carbocycles. The molecule has 646 valence electrons. The van der Waals surface area contributed by atoms with Crippen LogP contribution in [-0.2, 0) is 61.8 Å². The molecule has 5 aliphatic heterocycles. The minimum atomic E-state index is -3.37. The van der Waals surface area contributed by atoms with Gasteiger partial charge in [-0.2, -0.15) is 0 Å². The molecule has 0 spiro atoms. The Bertz CT molecular complexity index is 2470. The summed E-state index contributed by atoms with van der Waals surface area (Å²) in [4.78, 5) is 40.3. The zero-order chi connectivity index (χ0) is 81.0. The second-order valence-corrected chi connectivity index (χ2v) is 30.6. The number of aliphatic carboxylic acids is 1. The number of rotatable bonds is 57. The van der Waals surface area contributed by atoms with Crippen molar-refractivity contribution in [2.24, 2.45) is 0 Å². The second kappa shape index (κ2) is 52.1. The fraction of sp³-hybridized carbons (Fsp3) is 0.960. The lowest BCUT2D eigenvalue weighted by atomic mass is 9.87. The number of carbonyl (C=O) groups is 3. The van der Waals surface area contributed by atoms with Crippen LogP contribution in [0.3, 0.4) is 0 Å². The van der Waals surface area contributed by atoms with Crippen LogP contribution in [0, 0.1) is 0 Å². The molecular weight excluding hydrogens is 1460 g/mol. The summed E-state index contributed by atoms with van der Waals surface area (Å²) in [6.45, 7) is -0.899. The largest absolute Gasteiger partial charge is 0.477 e. The van der Waals surface area contributed by atoms with Crippen molar-refractivity contribution in [2.45, 2.75) is 416 Å². The van der Waals surface area contributed by atoms with Crippen LogP contribution in [-0.4, -0.2) is 343 Å². The number of amides is 2. The van der Waals surface area contributed by atoms with E-state index in [1.807, 2.05) is 0 Å². The van der Waals surface area contributed by atoms with Gasteiger partial charge in [-0.15, -0.1) is 0 Å². The first-order valence-corrected chi connectivity index (χ1v) is 40.6. The van der Waals surface area contributed by atoms with Gasteiger partial charge in [0.05, 0.1) is 63.9 Å². The minimum absolute atomic E-state index is 0.0970. The molecule has 0 radical (unpaired) electrons. The number of aliphatic hydroxyl groups is 19. The summed E-state index contributed by atoms with van der Waals surface area (Å²) in [7, 11) is 0. The quantitative estimate of drug-likeness (QED) is 0.0309. The minimum Gasteiger partial charge on any atom is -0.477 e. The van der Waals surface area contributed by atoms with Gasteiger partial charge in [-0.1, -0.05) is 206 Å². The van der Waals surface area contributed by atoms with Crippen LogP contribution in [0.1, 0.15) is 233 Å². The number of nitrogens with one attached hydrogen (secondary N) is 2. The summed E-state index contributed by atoms with van der Waals surface area (Å²) in [6.07, 6.45) is -21.6. The molecule has 0 aromatic heterocycles. The van der Waals surface area contributed by atoms with E-state index in [2.05, 4.69) is 24.5 Å². The van der Waals surface area contributed by atoms with Gasteiger partial charge in [0.25, 0.3) is 5.79 Å². The Balaban J connectivity index is 1.24. The van der Waals surface area contributed by atoms with E-state index in [1.54, 1.807) is 0 Å². The Hall–Kier alpha value is -2.75. The Kier molecular flexibility index (Phi) is 46.4. The molecule has 22 N–H and O–H groups in total. The fourth-order valence-corrected chi connectivity index (χ4v) is 15.0. The summed E-state index contributed by atoms with van der Waals surface area (Å²) in [5, 5.41) is 225. The zero-order valence-corrected chi connectivity index (χ0v) is 64.6. The van der Waals surface area contributed by atoms with Gasteiger partial charge in [-0.3, -0.25) is 9.59 Å².